The molecule has 0 saturated heterocycles. The van der Waals surface area contributed by atoms with Crippen LogP contribution in [-0.4, -0.2) is 19.7 Å². The summed E-state index contributed by atoms with van der Waals surface area (Å²) in [7, 11) is -3.21. The van der Waals surface area contributed by atoms with E-state index >= 15 is 0 Å². The summed E-state index contributed by atoms with van der Waals surface area (Å²) < 4.78 is 23.8. The minimum Gasteiger partial charge on any atom is -0.268 e. The van der Waals surface area contributed by atoms with Gasteiger partial charge in [0.2, 0.25) is 10.0 Å². The molecule has 0 aromatic carbocycles. The van der Waals surface area contributed by atoms with E-state index in [-0.39, 0.29) is 0 Å². The molecule has 1 N–H and O–H groups in total. The lowest BCUT2D eigenvalue weighted by Crippen LogP contribution is -2.10. The Bertz CT molecular complexity index is 373. The maximum absolute atomic E-state index is 10.8. The molecule has 0 aliphatic carbocycles. The normalized spacial score (nSPS) is 11.2. The second-order valence-electron chi connectivity index (χ2n) is 2.59. The molecule has 1 heterocycles. The average Bonchev–Trinajstić information content (AvgIpc) is 1.82. The SMILES string of the molecule is Cc1ccnc(NS(C)(=O)=O)c1. The fraction of sp³-hybridized carbons (Fsp3) is 0.286. The molecule has 5 heteroatoms. The molecule has 1 rings (SSSR count). The maximum atomic E-state index is 10.8. The first-order valence-electron chi connectivity index (χ1n) is 3.38. The highest BCUT2D eigenvalue weighted by Gasteiger charge is 2.01. The van der Waals surface area contributed by atoms with Crippen LogP contribution in [0.2, 0.25) is 0 Å². The van der Waals surface area contributed by atoms with Crippen molar-refractivity contribution >= 4 is 15.8 Å². The standard InChI is InChI=1S/C7H10N2O2S/c1-6-3-4-8-7(5-6)9-12(2,10)11/h3-5H,1-2H3,(H,8,9). The van der Waals surface area contributed by atoms with Crippen LogP contribution >= 0.6 is 0 Å². The van der Waals surface area contributed by atoms with Crippen LogP contribution in [0.4, 0.5) is 5.82 Å². The van der Waals surface area contributed by atoms with Gasteiger partial charge in [0.1, 0.15) is 5.82 Å². The molecule has 0 atom stereocenters. The summed E-state index contributed by atoms with van der Waals surface area (Å²) in [6.45, 7) is 1.87. The van der Waals surface area contributed by atoms with Crippen LogP contribution in [0, 0.1) is 6.92 Å². The van der Waals surface area contributed by atoms with Crippen molar-refractivity contribution in [2.45, 2.75) is 6.92 Å². The molecule has 0 saturated carbocycles. The predicted molar refractivity (Wildman–Crippen MR) is 47.4 cm³/mol. The van der Waals surface area contributed by atoms with Crippen molar-refractivity contribution in [1.29, 1.82) is 0 Å². The van der Waals surface area contributed by atoms with Crippen molar-refractivity contribution in [3.8, 4) is 0 Å². The second kappa shape index (κ2) is 3.10. The van der Waals surface area contributed by atoms with Crippen molar-refractivity contribution in [2.75, 3.05) is 11.0 Å². The summed E-state index contributed by atoms with van der Waals surface area (Å²) in [6.07, 6.45) is 2.65. The molecule has 0 radical (unpaired) electrons. The molecule has 0 unspecified atom stereocenters. The quantitative estimate of drug-likeness (QED) is 0.741. The highest BCUT2D eigenvalue weighted by atomic mass is 32.2. The number of hydrogen-bond donors (Lipinski definition) is 1. The van der Waals surface area contributed by atoms with Gasteiger partial charge in [-0.05, 0) is 24.6 Å². The van der Waals surface area contributed by atoms with E-state index in [4.69, 9.17) is 0 Å². The van der Waals surface area contributed by atoms with Gasteiger partial charge in [-0.3, -0.25) is 4.72 Å². The Hall–Kier alpha value is -1.10. The monoisotopic (exact) mass is 186 g/mol. The molecule has 0 spiro atoms. The van der Waals surface area contributed by atoms with E-state index in [9.17, 15) is 8.42 Å². The number of aryl methyl sites for hydroxylation is 1. The number of aromatic nitrogens is 1. The number of nitrogens with zero attached hydrogens (tertiary/aromatic N) is 1. The van der Waals surface area contributed by atoms with E-state index in [1.165, 1.54) is 0 Å². The summed E-state index contributed by atoms with van der Waals surface area (Å²) >= 11 is 0. The summed E-state index contributed by atoms with van der Waals surface area (Å²) in [5.74, 6) is 0.359. The molecule has 66 valence electrons. The van der Waals surface area contributed by atoms with Crippen molar-refractivity contribution in [3.63, 3.8) is 0 Å². The van der Waals surface area contributed by atoms with Gasteiger partial charge in [-0.1, -0.05) is 0 Å². The smallest absolute Gasteiger partial charge is 0.230 e. The first-order chi connectivity index (χ1) is 5.47. The maximum Gasteiger partial charge on any atom is 0.230 e. The van der Waals surface area contributed by atoms with E-state index in [2.05, 4.69) is 9.71 Å². The van der Waals surface area contributed by atoms with Gasteiger partial charge in [-0.25, -0.2) is 13.4 Å². The second-order valence-corrected chi connectivity index (χ2v) is 4.34. The molecule has 12 heavy (non-hydrogen) atoms. The number of pyridine rings is 1. The number of sulfonamides is 1. The predicted octanol–water partition coefficient (Wildman–Crippen LogP) is 0.762. The van der Waals surface area contributed by atoms with Crippen molar-refractivity contribution in [1.82, 2.24) is 4.98 Å². The molecular formula is C7H10N2O2S. The lowest BCUT2D eigenvalue weighted by Gasteiger charge is -2.01. The number of anilines is 1. The van der Waals surface area contributed by atoms with Crippen LogP contribution in [0.15, 0.2) is 18.3 Å². The Kier molecular flexibility index (Phi) is 2.32. The Morgan fingerprint density at radius 2 is 2.17 bits per heavy atom. The molecule has 0 fully saturated rings. The lowest BCUT2D eigenvalue weighted by molar-refractivity contribution is 0.606. The van der Waals surface area contributed by atoms with Gasteiger partial charge < -0.3 is 0 Å². The Morgan fingerprint density at radius 1 is 1.50 bits per heavy atom. The van der Waals surface area contributed by atoms with Gasteiger partial charge >= 0.3 is 0 Å². The largest absolute Gasteiger partial charge is 0.268 e. The zero-order valence-corrected chi connectivity index (χ0v) is 7.72. The van der Waals surface area contributed by atoms with E-state index in [0.717, 1.165) is 11.8 Å². The van der Waals surface area contributed by atoms with E-state index < -0.39 is 10.0 Å². The topological polar surface area (TPSA) is 59.1 Å². The van der Waals surface area contributed by atoms with Crippen LogP contribution in [0.1, 0.15) is 5.56 Å². The Balaban J connectivity index is 2.91. The van der Waals surface area contributed by atoms with E-state index in [1.807, 2.05) is 6.92 Å². The number of nitrogens with one attached hydrogen (secondary N) is 1. The van der Waals surface area contributed by atoms with Crippen LogP contribution < -0.4 is 4.72 Å². The fourth-order valence-corrected chi connectivity index (χ4v) is 1.27. The third-order valence-electron chi connectivity index (χ3n) is 1.21. The zero-order valence-electron chi connectivity index (χ0n) is 6.90. The summed E-state index contributed by atoms with van der Waals surface area (Å²) in [6, 6.07) is 3.47. The van der Waals surface area contributed by atoms with Crippen molar-refractivity contribution in [3.05, 3.63) is 23.9 Å². The van der Waals surface area contributed by atoms with Crippen molar-refractivity contribution < 1.29 is 8.42 Å². The number of hydrogen-bond acceptors (Lipinski definition) is 3. The van der Waals surface area contributed by atoms with Gasteiger partial charge in [0.15, 0.2) is 0 Å². The third kappa shape index (κ3) is 2.87. The molecule has 0 aliphatic rings. The van der Waals surface area contributed by atoms with Crippen LogP contribution in [0.3, 0.4) is 0 Å². The molecule has 1 aromatic rings. The van der Waals surface area contributed by atoms with Crippen LogP contribution in [0.5, 0.6) is 0 Å². The summed E-state index contributed by atoms with van der Waals surface area (Å²) in [4.78, 5) is 3.83. The van der Waals surface area contributed by atoms with E-state index in [1.54, 1.807) is 18.3 Å². The van der Waals surface area contributed by atoms with Gasteiger partial charge in [0.25, 0.3) is 0 Å². The Morgan fingerprint density at radius 3 is 2.67 bits per heavy atom. The zero-order chi connectivity index (χ0) is 9.19. The lowest BCUT2D eigenvalue weighted by atomic mass is 10.3. The number of rotatable bonds is 2. The van der Waals surface area contributed by atoms with Crippen molar-refractivity contribution in [2.24, 2.45) is 0 Å². The summed E-state index contributed by atoms with van der Waals surface area (Å²) in [5.41, 5.74) is 0.969. The molecule has 1 aromatic heterocycles. The Labute approximate surface area is 71.7 Å². The molecule has 0 bridgehead atoms. The van der Waals surface area contributed by atoms with Crippen LogP contribution in [0.25, 0.3) is 0 Å². The first-order valence-corrected chi connectivity index (χ1v) is 5.27. The first kappa shape index (κ1) is 8.99. The third-order valence-corrected chi connectivity index (χ3v) is 1.79. The van der Waals surface area contributed by atoms with Gasteiger partial charge in [-0.2, -0.15) is 0 Å². The average molecular weight is 186 g/mol. The van der Waals surface area contributed by atoms with Crippen LogP contribution in [-0.2, 0) is 10.0 Å². The van der Waals surface area contributed by atoms with Gasteiger partial charge in [0.05, 0.1) is 6.26 Å². The fourth-order valence-electron chi connectivity index (χ4n) is 0.782. The minimum absolute atomic E-state index is 0.359. The molecule has 4 nitrogen and oxygen atoms in total. The molecular weight excluding hydrogens is 176 g/mol. The molecule has 0 aliphatic heterocycles. The highest BCUT2D eigenvalue weighted by Crippen LogP contribution is 2.06. The van der Waals surface area contributed by atoms with Gasteiger partial charge in [0, 0.05) is 6.20 Å². The van der Waals surface area contributed by atoms with Gasteiger partial charge in [-0.15, -0.1) is 0 Å². The van der Waals surface area contributed by atoms with E-state index in [0.29, 0.717) is 5.82 Å². The summed E-state index contributed by atoms with van der Waals surface area (Å²) in [5, 5.41) is 0. The molecule has 0 amide bonds. The minimum atomic E-state index is -3.21. The highest BCUT2D eigenvalue weighted by molar-refractivity contribution is 7.92.